The highest BCUT2D eigenvalue weighted by molar-refractivity contribution is 7.26. The molecule has 0 fully saturated rings. The molecule has 0 aliphatic heterocycles. The van der Waals surface area contributed by atoms with E-state index in [2.05, 4.69) is 121 Å². The van der Waals surface area contributed by atoms with Crippen LogP contribution in [0.2, 0.25) is 0 Å². The van der Waals surface area contributed by atoms with Crippen molar-refractivity contribution in [3.63, 3.8) is 0 Å². The fraction of sp³-hybridized carbons (Fsp3) is 0. The van der Waals surface area contributed by atoms with Gasteiger partial charge in [-0.1, -0.05) is 127 Å². The van der Waals surface area contributed by atoms with E-state index >= 15 is 0 Å². The first-order valence-electron chi connectivity index (χ1n) is 16.5. The van der Waals surface area contributed by atoms with Crippen LogP contribution >= 0.6 is 22.7 Å². The topological polar surface area (TPSA) is 51.6 Å². The van der Waals surface area contributed by atoms with E-state index in [1.807, 2.05) is 36.4 Å². The van der Waals surface area contributed by atoms with Gasteiger partial charge < -0.3 is 0 Å². The highest BCUT2D eigenvalue weighted by Gasteiger charge is 2.21. The summed E-state index contributed by atoms with van der Waals surface area (Å²) in [5.74, 6) is 1.43. The number of thiophene rings is 2. The molecule has 10 rings (SSSR count). The molecule has 0 aliphatic rings. The molecular weight excluding hydrogens is 649 g/mol. The van der Waals surface area contributed by atoms with Gasteiger partial charge in [0.05, 0.1) is 11.4 Å². The van der Waals surface area contributed by atoms with Crippen LogP contribution in [0.1, 0.15) is 0 Å². The zero-order valence-corrected chi connectivity index (χ0v) is 28.2. The van der Waals surface area contributed by atoms with E-state index < -0.39 is 0 Å². The zero-order valence-electron chi connectivity index (χ0n) is 26.6. The van der Waals surface area contributed by atoms with Gasteiger partial charge in [-0.05, 0) is 41.5 Å². The standard InChI is InChI=1S/C44H26N4S2/c1-4-14-27(15-5-1)30-24-31(39-37-33-20-10-12-22-35(33)49-43(37)47-41(45-39)28-16-6-2-7-17-28)26-32(25-30)40-38-34-21-11-13-23-36(34)50-44(38)48-42(46-40)29-18-8-3-9-19-29/h1-26H. The highest BCUT2D eigenvalue weighted by atomic mass is 32.1. The molecule has 0 N–H and O–H groups in total. The minimum atomic E-state index is 0.714. The first-order valence-corrected chi connectivity index (χ1v) is 18.1. The van der Waals surface area contributed by atoms with Crippen molar-refractivity contribution in [2.75, 3.05) is 0 Å². The van der Waals surface area contributed by atoms with E-state index in [0.717, 1.165) is 76.0 Å². The minimum absolute atomic E-state index is 0.714. The summed E-state index contributed by atoms with van der Waals surface area (Å²) in [6, 6.07) is 55.0. The Balaban J connectivity index is 1.31. The first kappa shape index (κ1) is 28.9. The van der Waals surface area contributed by atoms with Crippen molar-refractivity contribution < 1.29 is 0 Å². The largest absolute Gasteiger partial charge is 0.227 e. The Hall–Kier alpha value is -6.08. The lowest BCUT2D eigenvalue weighted by atomic mass is 9.94. The van der Waals surface area contributed by atoms with Gasteiger partial charge in [0.25, 0.3) is 0 Å². The lowest BCUT2D eigenvalue weighted by molar-refractivity contribution is 1.23. The Kier molecular flexibility index (Phi) is 6.82. The second-order valence-electron chi connectivity index (χ2n) is 12.2. The molecule has 0 saturated carbocycles. The summed E-state index contributed by atoms with van der Waals surface area (Å²) in [7, 11) is 0. The Morgan fingerprint density at radius 3 is 1.16 bits per heavy atom. The van der Waals surface area contributed by atoms with Crippen molar-refractivity contribution in [2.45, 2.75) is 0 Å². The van der Waals surface area contributed by atoms with Crippen LogP contribution in [0.5, 0.6) is 0 Å². The molecule has 50 heavy (non-hydrogen) atoms. The third-order valence-electron chi connectivity index (χ3n) is 9.13. The highest BCUT2D eigenvalue weighted by Crippen LogP contribution is 2.44. The van der Waals surface area contributed by atoms with Crippen molar-refractivity contribution in [2.24, 2.45) is 0 Å². The van der Waals surface area contributed by atoms with Crippen LogP contribution in [0.15, 0.2) is 158 Å². The summed E-state index contributed by atoms with van der Waals surface area (Å²) < 4.78 is 2.38. The first-order chi connectivity index (χ1) is 24.8. The summed E-state index contributed by atoms with van der Waals surface area (Å²) in [5, 5.41) is 4.46. The number of hydrogen-bond acceptors (Lipinski definition) is 6. The van der Waals surface area contributed by atoms with E-state index in [1.54, 1.807) is 22.7 Å². The predicted octanol–water partition coefficient (Wildman–Crippen LogP) is 12.3. The van der Waals surface area contributed by atoms with Crippen molar-refractivity contribution in [3.8, 4) is 56.4 Å². The van der Waals surface area contributed by atoms with Crippen LogP contribution < -0.4 is 0 Å². The summed E-state index contributed by atoms with van der Waals surface area (Å²) in [6.07, 6.45) is 0. The maximum absolute atomic E-state index is 5.37. The Labute approximate surface area is 296 Å². The molecule has 0 spiro atoms. The van der Waals surface area contributed by atoms with Crippen LogP contribution in [-0.4, -0.2) is 19.9 Å². The molecule has 234 valence electrons. The van der Waals surface area contributed by atoms with E-state index in [-0.39, 0.29) is 0 Å². The number of benzene rings is 6. The van der Waals surface area contributed by atoms with Crippen LogP contribution in [-0.2, 0) is 0 Å². The van der Waals surface area contributed by atoms with E-state index in [4.69, 9.17) is 19.9 Å². The number of hydrogen-bond donors (Lipinski definition) is 0. The molecule has 0 bridgehead atoms. The van der Waals surface area contributed by atoms with Gasteiger partial charge in [0.15, 0.2) is 11.6 Å². The molecular formula is C44H26N4S2. The van der Waals surface area contributed by atoms with Crippen LogP contribution in [0.25, 0.3) is 97.0 Å². The van der Waals surface area contributed by atoms with Gasteiger partial charge >= 0.3 is 0 Å². The molecule has 0 radical (unpaired) electrons. The van der Waals surface area contributed by atoms with E-state index in [1.165, 1.54) is 9.40 Å². The normalized spacial score (nSPS) is 11.6. The smallest absolute Gasteiger partial charge is 0.161 e. The molecule has 0 unspecified atom stereocenters. The molecule has 0 aliphatic carbocycles. The summed E-state index contributed by atoms with van der Waals surface area (Å²) in [4.78, 5) is 22.9. The third kappa shape index (κ3) is 4.88. The fourth-order valence-corrected chi connectivity index (χ4v) is 8.95. The van der Waals surface area contributed by atoms with Crippen LogP contribution in [0.3, 0.4) is 0 Å². The fourth-order valence-electron chi connectivity index (χ4n) is 6.79. The second kappa shape index (κ2) is 11.8. The van der Waals surface area contributed by atoms with Gasteiger partial charge in [-0.3, -0.25) is 0 Å². The maximum atomic E-state index is 5.37. The molecule has 4 aromatic heterocycles. The summed E-state index contributed by atoms with van der Waals surface area (Å²) in [6.45, 7) is 0. The second-order valence-corrected chi connectivity index (χ2v) is 14.3. The lowest BCUT2D eigenvalue weighted by Crippen LogP contribution is -1.96. The molecule has 4 nitrogen and oxygen atoms in total. The van der Waals surface area contributed by atoms with Gasteiger partial charge in [-0.15, -0.1) is 22.7 Å². The zero-order chi connectivity index (χ0) is 33.0. The van der Waals surface area contributed by atoms with Crippen molar-refractivity contribution in [1.82, 2.24) is 19.9 Å². The predicted molar refractivity (Wildman–Crippen MR) is 211 cm³/mol. The van der Waals surface area contributed by atoms with E-state index in [9.17, 15) is 0 Å². The number of nitrogens with zero attached hydrogens (tertiary/aromatic N) is 4. The molecule has 6 aromatic carbocycles. The molecule has 0 saturated heterocycles. The Bertz CT molecular complexity index is 2690. The van der Waals surface area contributed by atoms with E-state index in [0.29, 0.717) is 11.6 Å². The van der Waals surface area contributed by atoms with Gasteiger partial charge in [0, 0.05) is 53.2 Å². The van der Waals surface area contributed by atoms with Crippen molar-refractivity contribution in [3.05, 3.63) is 158 Å². The minimum Gasteiger partial charge on any atom is -0.227 e. The van der Waals surface area contributed by atoms with Gasteiger partial charge in [-0.25, -0.2) is 19.9 Å². The molecule has 4 heterocycles. The number of fused-ring (bicyclic) bond motifs is 6. The number of rotatable bonds is 5. The Morgan fingerprint density at radius 1 is 0.320 bits per heavy atom. The quantitative estimate of drug-likeness (QED) is 0.182. The Morgan fingerprint density at radius 2 is 0.700 bits per heavy atom. The van der Waals surface area contributed by atoms with Crippen LogP contribution in [0, 0.1) is 0 Å². The number of aromatic nitrogens is 4. The molecule has 10 aromatic rings. The van der Waals surface area contributed by atoms with Crippen molar-refractivity contribution in [1.29, 1.82) is 0 Å². The van der Waals surface area contributed by atoms with Gasteiger partial charge in [-0.2, -0.15) is 0 Å². The maximum Gasteiger partial charge on any atom is 0.161 e. The lowest BCUT2D eigenvalue weighted by Gasteiger charge is -2.14. The molecule has 0 amide bonds. The monoisotopic (exact) mass is 674 g/mol. The summed E-state index contributed by atoms with van der Waals surface area (Å²) >= 11 is 3.43. The average molecular weight is 675 g/mol. The van der Waals surface area contributed by atoms with Crippen molar-refractivity contribution >= 4 is 63.3 Å². The van der Waals surface area contributed by atoms with Crippen LogP contribution in [0.4, 0.5) is 0 Å². The van der Waals surface area contributed by atoms with Gasteiger partial charge in [0.2, 0.25) is 0 Å². The molecule has 6 heteroatoms. The SMILES string of the molecule is c1ccc(-c2cc(-c3nc(-c4ccccc4)nc4sc5ccccc5c34)cc(-c3nc(-c4ccccc4)nc4sc5ccccc5c34)c2)cc1. The van der Waals surface area contributed by atoms with Gasteiger partial charge in [0.1, 0.15) is 9.66 Å². The average Bonchev–Trinajstić information content (AvgIpc) is 3.76. The molecule has 0 atom stereocenters. The summed E-state index contributed by atoms with van der Waals surface area (Å²) in [5.41, 5.74) is 8.05. The third-order valence-corrected chi connectivity index (χ3v) is 11.3.